The van der Waals surface area contributed by atoms with Gasteiger partial charge in [-0.25, -0.2) is 0 Å². The van der Waals surface area contributed by atoms with Crippen LogP contribution >= 0.6 is 0 Å². The molecule has 0 bridgehead atoms. The van der Waals surface area contributed by atoms with Crippen molar-refractivity contribution in [1.82, 2.24) is 9.88 Å². The lowest BCUT2D eigenvalue weighted by Gasteiger charge is -2.20. The molecule has 2 aromatic rings. The number of aromatic nitrogens is 1. The number of rotatable bonds is 8. The Hall–Kier alpha value is -1.81. The molecule has 4 nitrogen and oxygen atoms in total. The maximum absolute atomic E-state index is 11.0. The van der Waals surface area contributed by atoms with Crippen LogP contribution in [0.4, 0.5) is 0 Å². The van der Waals surface area contributed by atoms with Gasteiger partial charge in [-0.1, -0.05) is 13.8 Å². The molecule has 0 saturated carbocycles. The number of benzene rings is 1. The van der Waals surface area contributed by atoms with Crippen molar-refractivity contribution in [2.24, 2.45) is 0 Å². The van der Waals surface area contributed by atoms with Crippen molar-refractivity contribution < 1.29 is 9.53 Å². The monoisotopic (exact) mass is 302 g/mol. The van der Waals surface area contributed by atoms with Crippen LogP contribution in [0.15, 0.2) is 24.4 Å². The first kappa shape index (κ1) is 16.6. The van der Waals surface area contributed by atoms with Crippen LogP contribution in [0.2, 0.25) is 0 Å². The summed E-state index contributed by atoms with van der Waals surface area (Å²) in [5.41, 5.74) is 2.34. The van der Waals surface area contributed by atoms with E-state index in [0.29, 0.717) is 5.75 Å². The summed E-state index contributed by atoms with van der Waals surface area (Å²) in [4.78, 5) is 16.8. The van der Waals surface area contributed by atoms with Gasteiger partial charge in [0, 0.05) is 36.6 Å². The van der Waals surface area contributed by atoms with Crippen LogP contribution in [-0.4, -0.2) is 35.5 Å². The number of nitrogens with one attached hydrogen (secondary N) is 1. The van der Waals surface area contributed by atoms with E-state index >= 15 is 0 Å². The van der Waals surface area contributed by atoms with E-state index in [1.807, 2.05) is 18.2 Å². The van der Waals surface area contributed by atoms with Crippen molar-refractivity contribution in [3.63, 3.8) is 0 Å². The van der Waals surface area contributed by atoms with Crippen molar-refractivity contribution in [2.75, 3.05) is 19.6 Å². The van der Waals surface area contributed by atoms with Gasteiger partial charge in [0.15, 0.2) is 0 Å². The first-order valence-electron chi connectivity index (χ1n) is 8.14. The minimum Gasteiger partial charge on any atom is -0.427 e. The quantitative estimate of drug-likeness (QED) is 0.596. The van der Waals surface area contributed by atoms with Crippen LogP contribution in [0.25, 0.3) is 10.9 Å². The van der Waals surface area contributed by atoms with Crippen molar-refractivity contribution in [1.29, 1.82) is 0 Å². The fraction of sp³-hybridized carbons (Fsp3) is 0.500. The highest BCUT2D eigenvalue weighted by molar-refractivity contribution is 5.85. The Kier molecular flexibility index (Phi) is 6.01. The van der Waals surface area contributed by atoms with Gasteiger partial charge in [0.25, 0.3) is 0 Å². The predicted molar refractivity (Wildman–Crippen MR) is 90.3 cm³/mol. The lowest BCUT2D eigenvalue weighted by atomic mass is 10.1. The van der Waals surface area contributed by atoms with Crippen LogP contribution in [0, 0.1) is 0 Å². The van der Waals surface area contributed by atoms with Crippen molar-refractivity contribution in [2.45, 2.75) is 40.0 Å². The zero-order valence-corrected chi connectivity index (χ0v) is 13.8. The maximum atomic E-state index is 11.0. The average molecular weight is 302 g/mol. The second-order valence-electron chi connectivity index (χ2n) is 5.71. The number of hydrogen-bond donors (Lipinski definition) is 1. The van der Waals surface area contributed by atoms with Crippen LogP contribution in [-0.2, 0) is 11.2 Å². The molecule has 1 aromatic heterocycles. The Balaban J connectivity index is 2.07. The molecule has 120 valence electrons. The molecule has 2 rings (SSSR count). The first-order valence-corrected chi connectivity index (χ1v) is 8.14. The smallest absolute Gasteiger partial charge is 0.308 e. The van der Waals surface area contributed by atoms with Crippen LogP contribution in [0.1, 0.15) is 39.2 Å². The third-order valence-corrected chi connectivity index (χ3v) is 3.78. The third kappa shape index (κ3) is 4.34. The molecule has 0 aliphatic carbocycles. The van der Waals surface area contributed by atoms with E-state index in [1.54, 1.807) is 0 Å². The predicted octanol–water partition coefficient (Wildman–Crippen LogP) is 3.76. The number of carbonyl (C=O) groups excluding carboxylic acids is 1. The minimum absolute atomic E-state index is 0.291. The molecular formula is C18H26N2O2. The summed E-state index contributed by atoms with van der Waals surface area (Å²) in [5.74, 6) is 0.299. The molecule has 0 aliphatic rings. The molecule has 1 N–H and O–H groups in total. The van der Waals surface area contributed by atoms with Crippen LogP contribution < -0.4 is 4.74 Å². The highest BCUT2D eigenvalue weighted by atomic mass is 16.5. The topological polar surface area (TPSA) is 45.3 Å². The second kappa shape index (κ2) is 7.99. The zero-order chi connectivity index (χ0) is 15.9. The van der Waals surface area contributed by atoms with E-state index in [-0.39, 0.29) is 5.97 Å². The Bertz CT molecular complexity index is 613. The van der Waals surface area contributed by atoms with Gasteiger partial charge in [-0.15, -0.1) is 0 Å². The highest BCUT2D eigenvalue weighted by Crippen LogP contribution is 2.24. The van der Waals surface area contributed by atoms with Gasteiger partial charge in [-0.2, -0.15) is 0 Å². The summed E-state index contributed by atoms with van der Waals surface area (Å²) in [5, 5.41) is 1.21. The largest absolute Gasteiger partial charge is 0.427 e. The molecule has 0 radical (unpaired) electrons. The number of aromatic amines is 1. The van der Waals surface area contributed by atoms with E-state index < -0.39 is 0 Å². The Morgan fingerprint density at radius 3 is 2.55 bits per heavy atom. The molecule has 22 heavy (non-hydrogen) atoms. The molecule has 0 fully saturated rings. The number of hydrogen-bond acceptors (Lipinski definition) is 3. The van der Waals surface area contributed by atoms with Gasteiger partial charge in [0.2, 0.25) is 0 Å². The Morgan fingerprint density at radius 1 is 1.18 bits per heavy atom. The van der Waals surface area contributed by atoms with Gasteiger partial charge in [0.05, 0.1) is 0 Å². The minimum atomic E-state index is -0.291. The maximum Gasteiger partial charge on any atom is 0.308 e. The summed E-state index contributed by atoms with van der Waals surface area (Å²) in [6, 6.07) is 5.77. The van der Waals surface area contributed by atoms with Crippen molar-refractivity contribution in [3.8, 4) is 5.75 Å². The molecule has 0 amide bonds. The standard InChI is InChI=1S/C18H26N2O2/c1-4-9-20(10-5-2)11-8-15-13-19-18-12-16(22-14(3)21)6-7-17(15)18/h6-7,12-13,19H,4-5,8-11H2,1-3H3. The summed E-state index contributed by atoms with van der Waals surface area (Å²) in [7, 11) is 0. The van der Waals surface area contributed by atoms with E-state index in [2.05, 4.69) is 29.9 Å². The number of carbonyl (C=O) groups is 1. The van der Waals surface area contributed by atoms with Gasteiger partial charge < -0.3 is 14.6 Å². The van der Waals surface area contributed by atoms with E-state index in [1.165, 1.54) is 30.7 Å². The number of nitrogens with zero attached hydrogens (tertiary/aromatic N) is 1. The molecule has 0 spiro atoms. The summed E-state index contributed by atoms with van der Waals surface area (Å²) >= 11 is 0. The summed E-state index contributed by atoms with van der Waals surface area (Å²) < 4.78 is 5.13. The van der Waals surface area contributed by atoms with E-state index in [0.717, 1.165) is 31.6 Å². The number of H-pyrrole nitrogens is 1. The molecule has 1 heterocycles. The van der Waals surface area contributed by atoms with E-state index in [9.17, 15) is 4.79 Å². The van der Waals surface area contributed by atoms with Crippen LogP contribution in [0.3, 0.4) is 0 Å². The Morgan fingerprint density at radius 2 is 1.91 bits per heavy atom. The molecule has 4 heteroatoms. The van der Waals surface area contributed by atoms with E-state index in [4.69, 9.17) is 4.74 Å². The molecular weight excluding hydrogens is 276 g/mol. The number of esters is 1. The SMILES string of the molecule is CCCN(CCC)CCc1c[nH]c2cc(OC(C)=O)ccc12. The van der Waals surface area contributed by atoms with Gasteiger partial charge in [-0.3, -0.25) is 4.79 Å². The fourth-order valence-electron chi connectivity index (χ4n) is 2.85. The fourth-order valence-corrected chi connectivity index (χ4v) is 2.85. The molecule has 1 aromatic carbocycles. The van der Waals surface area contributed by atoms with Gasteiger partial charge in [0.1, 0.15) is 5.75 Å². The van der Waals surface area contributed by atoms with Crippen LogP contribution in [0.5, 0.6) is 5.75 Å². The molecule has 0 unspecified atom stereocenters. The lowest BCUT2D eigenvalue weighted by molar-refractivity contribution is -0.131. The van der Waals surface area contributed by atoms with Gasteiger partial charge >= 0.3 is 5.97 Å². The molecule has 0 saturated heterocycles. The molecule has 0 aliphatic heterocycles. The number of ether oxygens (including phenoxy) is 1. The second-order valence-corrected chi connectivity index (χ2v) is 5.71. The normalized spacial score (nSPS) is 11.3. The van der Waals surface area contributed by atoms with Gasteiger partial charge in [-0.05, 0) is 50.0 Å². The molecule has 0 atom stereocenters. The van der Waals surface area contributed by atoms with Crippen molar-refractivity contribution in [3.05, 3.63) is 30.0 Å². The first-order chi connectivity index (χ1) is 10.6. The summed E-state index contributed by atoms with van der Waals surface area (Å²) in [6.45, 7) is 9.27. The zero-order valence-electron chi connectivity index (χ0n) is 13.8. The Labute approximate surface area is 132 Å². The highest BCUT2D eigenvalue weighted by Gasteiger charge is 2.08. The lowest BCUT2D eigenvalue weighted by Crippen LogP contribution is -2.27. The third-order valence-electron chi connectivity index (χ3n) is 3.78. The average Bonchev–Trinajstić information content (AvgIpc) is 2.87. The number of fused-ring (bicyclic) bond motifs is 1. The van der Waals surface area contributed by atoms with Crippen molar-refractivity contribution >= 4 is 16.9 Å². The summed E-state index contributed by atoms with van der Waals surface area (Å²) in [6.07, 6.45) is 5.49.